The largest absolute Gasteiger partial charge is 0.397 e. The number of aromatic nitrogens is 3. The molecule has 4 nitrogen and oxygen atoms in total. The molecular weight excluding hydrogens is 183 g/mol. The molecule has 2 aromatic rings. The molecule has 72 valence electrons. The van der Waals surface area contributed by atoms with E-state index in [2.05, 4.69) is 9.97 Å². The highest BCUT2D eigenvalue weighted by molar-refractivity contribution is 5.73. The normalized spacial score (nSPS) is 10.4. The predicted molar refractivity (Wildman–Crippen MR) is 50.8 cm³/mol. The van der Waals surface area contributed by atoms with Crippen molar-refractivity contribution in [3.05, 3.63) is 30.7 Å². The van der Waals surface area contributed by atoms with Crippen molar-refractivity contribution < 1.29 is 4.39 Å². The van der Waals surface area contributed by atoms with Crippen LogP contribution in [0.1, 0.15) is 0 Å². The minimum Gasteiger partial charge on any atom is -0.397 e. The van der Waals surface area contributed by atoms with E-state index < -0.39 is 5.82 Å². The molecule has 5 heteroatoms. The molecule has 0 saturated carbocycles. The quantitative estimate of drug-likeness (QED) is 0.738. The van der Waals surface area contributed by atoms with E-state index in [1.165, 1.54) is 6.20 Å². The average molecular weight is 192 g/mol. The number of anilines is 1. The van der Waals surface area contributed by atoms with Crippen LogP contribution in [0.15, 0.2) is 24.9 Å². The van der Waals surface area contributed by atoms with Crippen LogP contribution in [0.2, 0.25) is 0 Å². The van der Waals surface area contributed by atoms with Crippen LogP contribution in [0, 0.1) is 5.82 Å². The molecule has 0 aliphatic heterocycles. The minimum absolute atomic E-state index is 0.314. The Morgan fingerprint density at radius 2 is 2.07 bits per heavy atom. The summed E-state index contributed by atoms with van der Waals surface area (Å²) in [6.07, 6.45) is 5.72. The second kappa shape index (κ2) is 3.10. The van der Waals surface area contributed by atoms with Gasteiger partial charge in [0.15, 0.2) is 5.82 Å². The lowest BCUT2D eigenvalue weighted by atomic mass is 10.1. The number of hydrogen-bond acceptors (Lipinski definition) is 3. The molecule has 0 saturated heterocycles. The van der Waals surface area contributed by atoms with Gasteiger partial charge in [-0.3, -0.25) is 4.98 Å². The van der Waals surface area contributed by atoms with Crippen LogP contribution in [-0.4, -0.2) is 14.5 Å². The van der Waals surface area contributed by atoms with E-state index in [4.69, 9.17) is 5.73 Å². The van der Waals surface area contributed by atoms with Crippen molar-refractivity contribution in [2.24, 2.45) is 7.05 Å². The van der Waals surface area contributed by atoms with Crippen LogP contribution < -0.4 is 5.73 Å². The summed E-state index contributed by atoms with van der Waals surface area (Å²) in [5.74, 6) is -0.436. The Balaban J connectivity index is 2.68. The van der Waals surface area contributed by atoms with Gasteiger partial charge in [-0.1, -0.05) is 0 Å². The molecule has 2 rings (SSSR count). The Morgan fingerprint density at radius 3 is 2.64 bits per heavy atom. The van der Waals surface area contributed by atoms with E-state index in [-0.39, 0.29) is 0 Å². The summed E-state index contributed by atoms with van der Waals surface area (Å²) in [5.41, 5.74) is 6.94. The van der Waals surface area contributed by atoms with Gasteiger partial charge < -0.3 is 10.3 Å². The molecule has 0 bridgehead atoms. The lowest BCUT2D eigenvalue weighted by Crippen LogP contribution is -1.98. The van der Waals surface area contributed by atoms with Crippen molar-refractivity contribution in [2.75, 3.05) is 5.73 Å². The summed E-state index contributed by atoms with van der Waals surface area (Å²) < 4.78 is 15.1. The van der Waals surface area contributed by atoms with Gasteiger partial charge in [0, 0.05) is 7.05 Å². The summed E-state index contributed by atoms with van der Waals surface area (Å²) in [6, 6.07) is 0. The Kier molecular flexibility index (Phi) is 1.92. The van der Waals surface area contributed by atoms with E-state index in [1.54, 1.807) is 24.1 Å². The fraction of sp³-hybridized carbons (Fsp3) is 0.111. The Labute approximate surface area is 80.2 Å². The van der Waals surface area contributed by atoms with Crippen molar-refractivity contribution in [2.45, 2.75) is 0 Å². The van der Waals surface area contributed by atoms with Gasteiger partial charge in [0.1, 0.15) is 0 Å². The third-order valence-corrected chi connectivity index (χ3v) is 2.00. The molecule has 0 spiro atoms. The van der Waals surface area contributed by atoms with Crippen LogP contribution >= 0.6 is 0 Å². The summed E-state index contributed by atoms with van der Waals surface area (Å²) >= 11 is 0. The van der Waals surface area contributed by atoms with Crippen molar-refractivity contribution in [1.29, 1.82) is 0 Å². The van der Waals surface area contributed by atoms with Gasteiger partial charge in [-0.25, -0.2) is 9.37 Å². The zero-order valence-electron chi connectivity index (χ0n) is 7.61. The Bertz CT molecular complexity index is 443. The minimum atomic E-state index is -0.436. The fourth-order valence-electron chi connectivity index (χ4n) is 1.32. The van der Waals surface area contributed by atoms with Crippen molar-refractivity contribution in [3.63, 3.8) is 0 Å². The number of hydrogen-bond donors (Lipinski definition) is 1. The molecule has 0 aliphatic carbocycles. The van der Waals surface area contributed by atoms with E-state index in [1.807, 2.05) is 0 Å². The Morgan fingerprint density at radius 1 is 1.29 bits per heavy atom. The Hall–Kier alpha value is -1.91. The summed E-state index contributed by atoms with van der Waals surface area (Å²) in [7, 11) is 1.78. The summed E-state index contributed by atoms with van der Waals surface area (Å²) in [5, 5.41) is 0. The molecule has 0 fully saturated rings. The SMILES string of the molecule is Cn1cncc1-c1c(N)cncc1F. The molecular formula is C9H9FN4. The van der Waals surface area contributed by atoms with E-state index in [9.17, 15) is 4.39 Å². The van der Waals surface area contributed by atoms with Crippen molar-refractivity contribution in [1.82, 2.24) is 14.5 Å². The molecule has 0 aliphatic rings. The van der Waals surface area contributed by atoms with Crippen LogP contribution in [0.25, 0.3) is 11.3 Å². The van der Waals surface area contributed by atoms with E-state index >= 15 is 0 Å². The number of imidazole rings is 1. The number of aryl methyl sites for hydroxylation is 1. The van der Waals surface area contributed by atoms with Gasteiger partial charge in [-0.2, -0.15) is 0 Å². The highest BCUT2D eigenvalue weighted by atomic mass is 19.1. The van der Waals surface area contributed by atoms with Crippen LogP contribution in [0.4, 0.5) is 10.1 Å². The summed E-state index contributed by atoms with van der Waals surface area (Å²) in [4.78, 5) is 7.55. The zero-order valence-corrected chi connectivity index (χ0v) is 7.61. The number of nitrogen functional groups attached to an aromatic ring is 1. The van der Waals surface area contributed by atoms with Crippen molar-refractivity contribution >= 4 is 5.69 Å². The molecule has 2 N–H and O–H groups in total. The highest BCUT2D eigenvalue weighted by Crippen LogP contribution is 2.26. The lowest BCUT2D eigenvalue weighted by Gasteiger charge is -2.06. The topological polar surface area (TPSA) is 56.7 Å². The smallest absolute Gasteiger partial charge is 0.152 e. The third kappa shape index (κ3) is 1.22. The second-order valence-corrected chi connectivity index (χ2v) is 2.98. The first-order valence-corrected chi connectivity index (χ1v) is 4.06. The van der Waals surface area contributed by atoms with Gasteiger partial charge in [-0.05, 0) is 0 Å². The van der Waals surface area contributed by atoms with Gasteiger partial charge in [0.2, 0.25) is 0 Å². The molecule has 0 radical (unpaired) electrons. The van der Waals surface area contributed by atoms with Gasteiger partial charge in [0.05, 0.1) is 41.9 Å². The first kappa shape index (κ1) is 8.68. The molecule has 0 aromatic carbocycles. The van der Waals surface area contributed by atoms with Crippen LogP contribution in [-0.2, 0) is 7.05 Å². The van der Waals surface area contributed by atoms with Gasteiger partial charge in [-0.15, -0.1) is 0 Å². The van der Waals surface area contributed by atoms with Crippen LogP contribution in [0.5, 0.6) is 0 Å². The molecule has 2 aromatic heterocycles. The van der Waals surface area contributed by atoms with Crippen molar-refractivity contribution in [3.8, 4) is 11.3 Å². The average Bonchev–Trinajstić information content (AvgIpc) is 2.52. The van der Waals surface area contributed by atoms with E-state index in [0.29, 0.717) is 16.9 Å². The maximum Gasteiger partial charge on any atom is 0.152 e. The van der Waals surface area contributed by atoms with E-state index in [0.717, 1.165) is 6.20 Å². The third-order valence-electron chi connectivity index (χ3n) is 2.00. The molecule has 14 heavy (non-hydrogen) atoms. The number of halogens is 1. The monoisotopic (exact) mass is 192 g/mol. The molecule has 0 atom stereocenters. The van der Waals surface area contributed by atoms with Gasteiger partial charge in [0.25, 0.3) is 0 Å². The number of nitrogens with zero attached hydrogens (tertiary/aromatic N) is 3. The lowest BCUT2D eigenvalue weighted by molar-refractivity contribution is 0.624. The van der Waals surface area contributed by atoms with Crippen LogP contribution in [0.3, 0.4) is 0 Å². The van der Waals surface area contributed by atoms with Gasteiger partial charge >= 0.3 is 0 Å². The number of rotatable bonds is 1. The second-order valence-electron chi connectivity index (χ2n) is 2.98. The first-order chi connectivity index (χ1) is 6.70. The molecule has 2 heterocycles. The maximum atomic E-state index is 13.4. The standard InChI is InChI=1S/C9H9FN4/c1-14-5-13-4-8(14)9-6(10)2-12-3-7(9)11/h2-5H,11H2,1H3. The predicted octanol–water partition coefficient (Wildman–Crippen LogP) is 1.20. The number of pyridine rings is 1. The number of nitrogens with two attached hydrogens (primary N) is 1. The summed E-state index contributed by atoms with van der Waals surface area (Å²) in [6.45, 7) is 0. The highest BCUT2D eigenvalue weighted by Gasteiger charge is 2.11. The zero-order chi connectivity index (χ0) is 10.1. The first-order valence-electron chi connectivity index (χ1n) is 4.06. The molecule has 0 amide bonds. The maximum absolute atomic E-state index is 13.4. The fourth-order valence-corrected chi connectivity index (χ4v) is 1.32. The molecule has 0 unspecified atom stereocenters.